The highest BCUT2D eigenvalue weighted by Gasteiger charge is 2.37. The Morgan fingerprint density at radius 3 is 2.42 bits per heavy atom. The van der Waals surface area contributed by atoms with Crippen LogP contribution in [0.2, 0.25) is 0 Å². The molecule has 0 aromatic heterocycles. The van der Waals surface area contributed by atoms with E-state index in [1.165, 1.54) is 12.1 Å². The van der Waals surface area contributed by atoms with E-state index >= 15 is 0 Å². The molecule has 4 nitrogen and oxygen atoms in total. The van der Waals surface area contributed by atoms with Gasteiger partial charge in [-0.3, -0.25) is 0 Å². The van der Waals surface area contributed by atoms with E-state index in [0.717, 1.165) is 6.07 Å². The Hall–Kier alpha value is -1.12. The average Bonchev–Trinajstić information content (AvgIpc) is 2.22. The van der Waals surface area contributed by atoms with Crippen LogP contribution in [-0.4, -0.2) is 30.4 Å². The highest BCUT2D eigenvalue weighted by molar-refractivity contribution is 7.85. The Bertz CT molecular complexity index is 552. The molecule has 0 fully saturated rings. The summed E-state index contributed by atoms with van der Waals surface area (Å²) in [5, 5.41) is 8.86. The van der Waals surface area contributed by atoms with Crippen molar-refractivity contribution in [3.8, 4) is 0 Å². The van der Waals surface area contributed by atoms with Crippen molar-refractivity contribution in [1.82, 2.24) is 0 Å². The lowest BCUT2D eigenvalue weighted by Crippen LogP contribution is -2.29. The summed E-state index contributed by atoms with van der Waals surface area (Å²) < 4.78 is 69.3. The van der Waals surface area contributed by atoms with Crippen molar-refractivity contribution in [3.05, 3.63) is 29.3 Å². The van der Waals surface area contributed by atoms with E-state index in [1.54, 1.807) is 6.92 Å². The van der Waals surface area contributed by atoms with Gasteiger partial charge in [0.15, 0.2) is 0 Å². The number of benzene rings is 1. The van der Waals surface area contributed by atoms with Crippen molar-refractivity contribution in [2.24, 2.45) is 0 Å². The van der Waals surface area contributed by atoms with Crippen molar-refractivity contribution in [2.75, 3.05) is 0 Å². The van der Waals surface area contributed by atoms with Gasteiger partial charge < -0.3 is 9.66 Å². The van der Waals surface area contributed by atoms with Crippen LogP contribution in [0.25, 0.3) is 0 Å². The van der Waals surface area contributed by atoms with E-state index < -0.39 is 33.7 Å². The highest BCUT2D eigenvalue weighted by Crippen LogP contribution is 2.25. The molecule has 0 heterocycles. The van der Waals surface area contributed by atoms with Gasteiger partial charge >= 0.3 is 6.18 Å². The van der Waals surface area contributed by atoms with Crippen molar-refractivity contribution < 1.29 is 31.2 Å². The van der Waals surface area contributed by atoms with E-state index in [0.29, 0.717) is 5.56 Å². The van der Waals surface area contributed by atoms with Gasteiger partial charge in [-0.1, -0.05) is 17.7 Å². The minimum absolute atomic E-state index is 0.0155. The normalized spacial score (nSPS) is 14.4. The third kappa shape index (κ3) is 4.48. The van der Waals surface area contributed by atoms with E-state index in [-0.39, 0.29) is 12.0 Å². The van der Waals surface area contributed by atoms with Crippen molar-refractivity contribution in [3.63, 3.8) is 0 Å². The summed E-state index contributed by atoms with van der Waals surface area (Å²) in [6.45, 7) is 1.62. The maximum Gasteiger partial charge on any atom is 0.414 e. The molecule has 19 heavy (non-hydrogen) atoms. The number of aliphatic hydroxyl groups is 1. The van der Waals surface area contributed by atoms with E-state index in [2.05, 4.69) is 0 Å². The predicted octanol–water partition coefficient (Wildman–Crippen LogP) is 1.75. The summed E-state index contributed by atoms with van der Waals surface area (Å²) in [5.41, 5.74) is 0.599. The molecule has 1 aromatic rings. The largest absolute Gasteiger partial charge is 0.744 e. The fourth-order valence-electron chi connectivity index (χ4n) is 1.60. The standard InChI is InChI=1S/C11H13F3O4S/c1-7-2-4-9(19(16,17)18)8(6-7)3-5-10(15)11(12,13)14/h2,4,6,10,15H,3,5H2,1H3,(H,16,17,18)/p-1/t10-/m1/s1. The number of alkyl halides is 3. The SMILES string of the molecule is Cc1ccc(S(=O)(=O)[O-])c(CC[C@@H](O)C(F)(F)F)c1. The van der Waals surface area contributed by atoms with Crippen molar-refractivity contribution >= 4 is 10.1 Å². The first-order chi connectivity index (χ1) is 8.51. The van der Waals surface area contributed by atoms with Gasteiger partial charge in [-0.15, -0.1) is 0 Å². The second-order valence-electron chi connectivity index (χ2n) is 4.16. The van der Waals surface area contributed by atoms with Crippen molar-refractivity contribution in [1.29, 1.82) is 0 Å². The number of hydrogen-bond donors (Lipinski definition) is 1. The third-order valence-corrected chi connectivity index (χ3v) is 3.49. The molecule has 108 valence electrons. The van der Waals surface area contributed by atoms with Gasteiger partial charge in [-0.25, -0.2) is 8.42 Å². The summed E-state index contributed by atoms with van der Waals surface area (Å²) in [6.07, 6.45) is -8.36. The Morgan fingerprint density at radius 1 is 1.37 bits per heavy atom. The average molecular weight is 297 g/mol. The summed E-state index contributed by atoms with van der Waals surface area (Å²) in [5.74, 6) is 0. The Labute approximate surface area is 108 Å². The van der Waals surface area contributed by atoms with Gasteiger partial charge in [0.25, 0.3) is 0 Å². The number of aryl methyl sites for hydroxylation is 2. The second-order valence-corrected chi connectivity index (χ2v) is 5.51. The van der Waals surface area contributed by atoms with Crippen LogP contribution in [0.5, 0.6) is 0 Å². The molecule has 0 aliphatic heterocycles. The van der Waals surface area contributed by atoms with Gasteiger partial charge in [0, 0.05) is 0 Å². The first-order valence-electron chi connectivity index (χ1n) is 5.32. The lowest BCUT2D eigenvalue weighted by molar-refractivity contribution is -0.205. The first kappa shape index (κ1) is 15.9. The highest BCUT2D eigenvalue weighted by atomic mass is 32.2. The molecule has 0 saturated carbocycles. The Balaban J connectivity index is 2.98. The third-order valence-electron chi connectivity index (χ3n) is 2.55. The van der Waals surface area contributed by atoms with Crippen LogP contribution in [0.3, 0.4) is 0 Å². The summed E-state index contributed by atoms with van der Waals surface area (Å²) in [7, 11) is -4.75. The molecule has 1 aromatic carbocycles. The van der Waals surface area contributed by atoms with Crippen molar-refractivity contribution in [2.45, 2.75) is 36.9 Å². The number of hydrogen-bond acceptors (Lipinski definition) is 4. The topological polar surface area (TPSA) is 77.4 Å². The van der Waals surface area contributed by atoms with Gasteiger partial charge in [-0.05, 0) is 31.4 Å². The van der Waals surface area contributed by atoms with Crippen LogP contribution < -0.4 is 0 Å². The molecule has 1 rings (SSSR count). The quantitative estimate of drug-likeness (QED) is 0.859. The molecule has 0 spiro atoms. The molecule has 1 atom stereocenters. The summed E-state index contributed by atoms with van der Waals surface area (Å²) in [6, 6.07) is 3.77. The minimum atomic E-state index is -4.76. The number of halogens is 3. The van der Waals surface area contributed by atoms with E-state index in [1.807, 2.05) is 0 Å². The van der Waals surface area contributed by atoms with E-state index in [9.17, 15) is 26.1 Å². The predicted molar refractivity (Wildman–Crippen MR) is 59.5 cm³/mol. The first-order valence-corrected chi connectivity index (χ1v) is 6.73. The molecule has 8 heteroatoms. The molecular weight excluding hydrogens is 285 g/mol. The van der Waals surface area contributed by atoms with Gasteiger partial charge in [0.1, 0.15) is 16.2 Å². The molecular formula is C11H12F3O4S-. The molecule has 0 saturated heterocycles. The van der Waals surface area contributed by atoms with Crippen LogP contribution in [0.4, 0.5) is 13.2 Å². The number of aliphatic hydroxyl groups excluding tert-OH is 1. The van der Waals surface area contributed by atoms with Crippen LogP contribution in [-0.2, 0) is 16.5 Å². The van der Waals surface area contributed by atoms with Crippen LogP contribution >= 0.6 is 0 Å². The molecule has 0 aliphatic rings. The minimum Gasteiger partial charge on any atom is -0.744 e. The smallest absolute Gasteiger partial charge is 0.414 e. The zero-order chi connectivity index (χ0) is 14.8. The molecule has 1 N–H and O–H groups in total. The lowest BCUT2D eigenvalue weighted by atomic mass is 10.0. The Kier molecular flexibility index (Phi) is 4.59. The Morgan fingerprint density at radius 2 is 1.95 bits per heavy atom. The van der Waals surface area contributed by atoms with E-state index in [4.69, 9.17) is 5.11 Å². The van der Waals surface area contributed by atoms with Gasteiger partial charge in [0.2, 0.25) is 0 Å². The lowest BCUT2D eigenvalue weighted by Gasteiger charge is -2.17. The summed E-state index contributed by atoms with van der Waals surface area (Å²) >= 11 is 0. The summed E-state index contributed by atoms with van der Waals surface area (Å²) in [4.78, 5) is -0.549. The van der Waals surface area contributed by atoms with Crippen LogP contribution in [0, 0.1) is 6.92 Å². The van der Waals surface area contributed by atoms with Crippen LogP contribution in [0.1, 0.15) is 17.5 Å². The molecule has 0 radical (unpaired) electrons. The van der Waals surface area contributed by atoms with Gasteiger partial charge in [0.05, 0.1) is 4.90 Å². The second kappa shape index (κ2) is 5.48. The van der Waals surface area contributed by atoms with Gasteiger partial charge in [-0.2, -0.15) is 13.2 Å². The monoisotopic (exact) mass is 297 g/mol. The zero-order valence-corrected chi connectivity index (χ0v) is 10.8. The fraction of sp³-hybridized carbons (Fsp3) is 0.455. The maximum absolute atomic E-state index is 12.1. The molecule has 0 unspecified atom stereocenters. The molecule has 0 bridgehead atoms. The number of rotatable bonds is 4. The van der Waals surface area contributed by atoms with Crippen LogP contribution in [0.15, 0.2) is 23.1 Å². The molecule has 0 amide bonds. The maximum atomic E-state index is 12.1. The fourth-order valence-corrected chi connectivity index (χ4v) is 2.32. The molecule has 0 aliphatic carbocycles. The zero-order valence-electron chi connectivity index (χ0n) is 9.94.